The molecule has 1 aliphatic rings. The summed E-state index contributed by atoms with van der Waals surface area (Å²) in [4.78, 5) is 11.4. The molecule has 0 aromatic heterocycles. The lowest BCUT2D eigenvalue weighted by Crippen LogP contribution is -2.35. The average Bonchev–Trinajstić information content (AvgIpc) is 2.90. The summed E-state index contributed by atoms with van der Waals surface area (Å²) in [5, 5.41) is 2.62. The molecule has 2 aromatic carbocycles. The predicted octanol–water partition coefficient (Wildman–Crippen LogP) is 2.79. The van der Waals surface area contributed by atoms with E-state index in [1.54, 1.807) is 6.07 Å². The lowest BCUT2D eigenvalue weighted by molar-refractivity contribution is -0.114. The van der Waals surface area contributed by atoms with Crippen LogP contribution in [0, 0.1) is 0 Å². The largest absolute Gasteiger partial charge is 0.495 e. The number of anilines is 2. The van der Waals surface area contributed by atoms with Gasteiger partial charge in [-0.1, -0.05) is 18.2 Å². The number of para-hydroxylation sites is 1. The fourth-order valence-corrected chi connectivity index (χ4v) is 4.85. The molecule has 0 bridgehead atoms. The van der Waals surface area contributed by atoms with Gasteiger partial charge in [0.15, 0.2) is 0 Å². The minimum atomic E-state index is -3.74. The van der Waals surface area contributed by atoms with Gasteiger partial charge in [0.2, 0.25) is 5.91 Å². The van der Waals surface area contributed by atoms with E-state index in [0.717, 1.165) is 5.56 Å². The third-order valence-electron chi connectivity index (χ3n) is 4.19. The minimum Gasteiger partial charge on any atom is -0.495 e. The SMILES string of the molecule is COc1cc(S(=O)(=O)N2c3ccccc3CC2C)ccc1NC(C)=O. The smallest absolute Gasteiger partial charge is 0.264 e. The normalized spacial score (nSPS) is 16.4. The van der Waals surface area contributed by atoms with Gasteiger partial charge in [0.05, 0.1) is 23.4 Å². The molecule has 0 spiro atoms. The van der Waals surface area contributed by atoms with Crippen molar-refractivity contribution in [1.82, 2.24) is 0 Å². The zero-order valence-electron chi connectivity index (χ0n) is 14.3. The van der Waals surface area contributed by atoms with Gasteiger partial charge in [-0.3, -0.25) is 9.10 Å². The number of benzene rings is 2. The highest BCUT2D eigenvalue weighted by atomic mass is 32.2. The molecule has 1 heterocycles. The molecule has 1 unspecified atom stereocenters. The van der Waals surface area contributed by atoms with E-state index in [0.29, 0.717) is 23.5 Å². The lowest BCUT2D eigenvalue weighted by Gasteiger charge is -2.25. The number of hydrogen-bond acceptors (Lipinski definition) is 4. The summed E-state index contributed by atoms with van der Waals surface area (Å²) in [5.74, 6) is 0.0485. The van der Waals surface area contributed by atoms with Crippen LogP contribution in [0.1, 0.15) is 19.4 Å². The molecule has 0 aliphatic carbocycles. The van der Waals surface area contributed by atoms with Crippen LogP contribution in [0.5, 0.6) is 5.75 Å². The van der Waals surface area contributed by atoms with Gasteiger partial charge in [0.25, 0.3) is 10.0 Å². The maximum Gasteiger partial charge on any atom is 0.264 e. The molecule has 1 atom stereocenters. The fourth-order valence-electron chi connectivity index (χ4n) is 3.14. The quantitative estimate of drug-likeness (QED) is 0.910. The van der Waals surface area contributed by atoms with Crippen LogP contribution in [0.15, 0.2) is 47.4 Å². The standard InChI is InChI=1S/C18H20N2O4S/c1-12-10-14-6-4-5-7-17(14)20(12)25(22,23)15-8-9-16(19-13(2)21)18(11-15)24-3/h4-9,11-12H,10H2,1-3H3,(H,19,21). The first kappa shape index (κ1) is 17.3. The van der Waals surface area contributed by atoms with Crippen molar-refractivity contribution in [1.29, 1.82) is 0 Å². The van der Waals surface area contributed by atoms with E-state index in [-0.39, 0.29) is 16.8 Å². The molecule has 1 amide bonds. The average molecular weight is 360 g/mol. The van der Waals surface area contributed by atoms with Crippen molar-refractivity contribution in [2.24, 2.45) is 0 Å². The number of sulfonamides is 1. The Balaban J connectivity index is 2.05. The molecule has 1 N–H and O–H groups in total. The Morgan fingerprint density at radius 2 is 1.96 bits per heavy atom. The summed E-state index contributed by atoms with van der Waals surface area (Å²) in [5.41, 5.74) is 2.16. The molecular formula is C18H20N2O4S. The second-order valence-corrected chi connectivity index (χ2v) is 7.84. The van der Waals surface area contributed by atoms with Gasteiger partial charge in [-0.15, -0.1) is 0 Å². The summed E-state index contributed by atoms with van der Waals surface area (Å²) in [6.45, 7) is 3.27. The Kier molecular flexibility index (Phi) is 4.43. The van der Waals surface area contributed by atoms with Gasteiger partial charge in [-0.05, 0) is 37.1 Å². The predicted molar refractivity (Wildman–Crippen MR) is 96.6 cm³/mol. The number of amides is 1. The van der Waals surface area contributed by atoms with Gasteiger partial charge in [-0.25, -0.2) is 8.42 Å². The molecule has 0 radical (unpaired) electrons. The highest BCUT2D eigenvalue weighted by Gasteiger charge is 2.36. The summed E-state index contributed by atoms with van der Waals surface area (Å²) in [6, 6.07) is 11.8. The number of carbonyl (C=O) groups excluding carboxylic acids is 1. The number of hydrogen-bond donors (Lipinski definition) is 1. The van der Waals surface area contributed by atoms with Crippen molar-refractivity contribution in [3.05, 3.63) is 48.0 Å². The van der Waals surface area contributed by atoms with Crippen LogP contribution >= 0.6 is 0 Å². The van der Waals surface area contributed by atoms with E-state index in [1.165, 1.54) is 30.5 Å². The van der Waals surface area contributed by atoms with E-state index >= 15 is 0 Å². The number of methoxy groups -OCH3 is 1. The first-order valence-corrected chi connectivity index (χ1v) is 9.36. The summed E-state index contributed by atoms with van der Waals surface area (Å²) in [6.07, 6.45) is 0.677. The topological polar surface area (TPSA) is 75.7 Å². The fraction of sp³-hybridized carbons (Fsp3) is 0.278. The zero-order valence-corrected chi connectivity index (χ0v) is 15.1. The molecule has 0 saturated carbocycles. The van der Waals surface area contributed by atoms with Gasteiger partial charge >= 0.3 is 0 Å². The van der Waals surface area contributed by atoms with E-state index in [9.17, 15) is 13.2 Å². The molecule has 0 saturated heterocycles. The molecule has 3 rings (SSSR count). The summed E-state index contributed by atoms with van der Waals surface area (Å²) >= 11 is 0. The van der Waals surface area contributed by atoms with Gasteiger partial charge in [-0.2, -0.15) is 0 Å². The Morgan fingerprint density at radius 3 is 2.64 bits per heavy atom. The highest BCUT2D eigenvalue weighted by Crippen LogP contribution is 2.38. The Morgan fingerprint density at radius 1 is 1.24 bits per heavy atom. The Bertz CT molecular complexity index is 924. The zero-order chi connectivity index (χ0) is 18.2. The molecular weight excluding hydrogens is 340 g/mol. The number of fused-ring (bicyclic) bond motifs is 1. The van der Waals surface area contributed by atoms with E-state index in [2.05, 4.69) is 5.32 Å². The van der Waals surface area contributed by atoms with Crippen molar-refractivity contribution in [2.75, 3.05) is 16.7 Å². The van der Waals surface area contributed by atoms with Crippen molar-refractivity contribution in [3.8, 4) is 5.75 Å². The second kappa shape index (κ2) is 6.40. The van der Waals surface area contributed by atoms with Crippen molar-refractivity contribution in [2.45, 2.75) is 31.2 Å². The van der Waals surface area contributed by atoms with E-state index < -0.39 is 10.0 Å². The first-order chi connectivity index (χ1) is 11.8. The van der Waals surface area contributed by atoms with Crippen LogP contribution in [0.2, 0.25) is 0 Å². The third kappa shape index (κ3) is 3.07. The molecule has 7 heteroatoms. The van der Waals surface area contributed by atoms with Crippen molar-refractivity contribution < 1.29 is 17.9 Å². The third-order valence-corrected chi connectivity index (χ3v) is 6.11. The summed E-state index contributed by atoms with van der Waals surface area (Å²) < 4.78 is 33.1. The minimum absolute atomic E-state index is 0.127. The monoisotopic (exact) mass is 360 g/mol. The molecule has 25 heavy (non-hydrogen) atoms. The maximum absolute atomic E-state index is 13.2. The number of ether oxygens (including phenoxy) is 1. The maximum atomic E-state index is 13.2. The van der Waals surface area contributed by atoms with Crippen LogP contribution in [0.4, 0.5) is 11.4 Å². The Labute approximate surface area is 147 Å². The molecule has 6 nitrogen and oxygen atoms in total. The van der Waals surface area contributed by atoms with Gasteiger partial charge < -0.3 is 10.1 Å². The van der Waals surface area contributed by atoms with Crippen LogP contribution < -0.4 is 14.4 Å². The van der Waals surface area contributed by atoms with E-state index in [4.69, 9.17) is 4.74 Å². The molecule has 2 aromatic rings. The van der Waals surface area contributed by atoms with E-state index in [1.807, 2.05) is 31.2 Å². The highest BCUT2D eigenvalue weighted by molar-refractivity contribution is 7.92. The number of nitrogens with zero attached hydrogens (tertiary/aromatic N) is 1. The first-order valence-electron chi connectivity index (χ1n) is 7.92. The molecule has 1 aliphatic heterocycles. The van der Waals surface area contributed by atoms with Crippen molar-refractivity contribution in [3.63, 3.8) is 0 Å². The van der Waals surface area contributed by atoms with Crippen LogP contribution in [-0.2, 0) is 21.2 Å². The van der Waals surface area contributed by atoms with Crippen LogP contribution in [0.25, 0.3) is 0 Å². The number of nitrogens with one attached hydrogen (secondary N) is 1. The van der Waals surface area contributed by atoms with Gasteiger partial charge in [0.1, 0.15) is 5.75 Å². The molecule has 132 valence electrons. The lowest BCUT2D eigenvalue weighted by atomic mass is 10.1. The summed E-state index contributed by atoms with van der Waals surface area (Å²) in [7, 11) is -2.30. The van der Waals surface area contributed by atoms with Crippen LogP contribution in [0.3, 0.4) is 0 Å². The van der Waals surface area contributed by atoms with Gasteiger partial charge in [0, 0.05) is 19.0 Å². The van der Waals surface area contributed by atoms with Crippen LogP contribution in [-0.4, -0.2) is 27.5 Å². The molecule has 0 fully saturated rings. The Hall–Kier alpha value is -2.54. The second-order valence-electron chi connectivity index (χ2n) is 6.03. The number of carbonyl (C=O) groups is 1. The number of rotatable bonds is 4. The van der Waals surface area contributed by atoms with Crippen molar-refractivity contribution >= 4 is 27.3 Å².